The summed E-state index contributed by atoms with van der Waals surface area (Å²) in [5, 5.41) is 0.776. The summed E-state index contributed by atoms with van der Waals surface area (Å²) in [7, 11) is 0. The Morgan fingerprint density at radius 2 is 2.14 bits per heavy atom. The molecule has 1 aliphatic heterocycles. The van der Waals surface area contributed by atoms with Gasteiger partial charge in [0.25, 0.3) is 0 Å². The predicted octanol–water partition coefficient (Wildman–Crippen LogP) is 4.59. The van der Waals surface area contributed by atoms with E-state index < -0.39 is 0 Å². The minimum Gasteiger partial charge on any atom is -0.493 e. The molecule has 1 heterocycles. The summed E-state index contributed by atoms with van der Waals surface area (Å²) in [6, 6.07) is 10.1. The first kappa shape index (κ1) is 14.9. The van der Waals surface area contributed by atoms with Crippen LogP contribution in [0.4, 0.5) is 0 Å². The second-order valence-corrected chi connectivity index (χ2v) is 6.79. The van der Waals surface area contributed by atoms with Crippen LogP contribution in [-0.2, 0) is 12.8 Å². The molecule has 2 aromatic carbocycles. The van der Waals surface area contributed by atoms with Gasteiger partial charge < -0.3 is 10.5 Å². The van der Waals surface area contributed by atoms with Crippen molar-refractivity contribution in [3.63, 3.8) is 0 Å². The maximum atomic E-state index is 6.38. The Morgan fingerprint density at radius 3 is 2.90 bits per heavy atom. The Kier molecular flexibility index (Phi) is 4.25. The van der Waals surface area contributed by atoms with Crippen LogP contribution < -0.4 is 10.5 Å². The van der Waals surface area contributed by atoms with Crippen molar-refractivity contribution in [1.82, 2.24) is 0 Å². The van der Waals surface area contributed by atoms with Crippen molar-refractivity contribution >= 4 is 27.5 Å². The Bertz CT molecular complexity index is 687. The van der Waals surface area contributed by atoms with Crippen LogP contribution in [0.15, 0.2) is 34.8 Å². The van der Waals surface area contributed by atoms with Crippen LogP contribution in [0.5, 0.6) is 5.75 Å². The average molecular weight is 367 g/mol. The van der Waals surface area contributed by atoms with Gasteiger partial charge in [0.2, 0.25) is 0 Å². The molecule has 0 spiro atoms. The molecular formula is C17H17BrClNO. The lowest BCUT2D eigenvalue weighted by molar-refractivity contribution is 0.352. The van der Waals surface area contributed by atoms with Crippen LogP contribution in [0.2, 0.25) is 5.02 Å². The lowest BCUT2D eigenvalue weighted by atomic mass is 9.96. The molecule has 0 aliphatic carbocycles. The summed E-state index contributed by atoms with van der Waals surface area (Å²) in [5.74, 6) is 1.01. The van der Waals surface area contributed by atoms with Crippen LogP contribution in [0.25, 0.3) is 0 Å². The fraction of sp³-hybridized carbons (Fsp3) is 0.294. The highest BCUT2D eigenvalue weighted by atomic mass is 79.9. The number of halogens is 2. The standard InChI is InChI=1S/C17H17BrClNO/c1-10-6-11(2-3-15(10)19)16(20)9-13-8-14(18)7-12-4-5-21-17(12)13/h2-3,6-8,16H,4-5,9,20H2,1H3. The fourth-order valence-electron chi connectivity index (χ4n) is 2.75. The quantitative estimate of drug-likeness (QED) is 0.862. The Balaban J connectivity index is 1.88. The van der Waals surface area contributed by atoms with E-state index in [-0.39, 0.29) is 6.04 Å². The van der Waals surface area contributed by atoms with Crippen molar-refractivity contribution in [3.8, 4) is 5.75 Å². The number of rotatable bonds is 3. The molecule has 2 aromatic rings. The number of nitrogens with two attached hydrogens (primary N) is 1. The van der Waals surface area contributed by atoms with Crippen molar-refractivity contribution in [2.75, 3.05) is 6.61 Å². The monoisotopic (exact) mass is 365 g/mol. The smallest absolute Gasteiger partial charge is 0.125 e. The number of aryl methyl sites for hydroxylation is 1. The number of fused-ring (bicyclic) bond motifs is 1. The minimum absolute atomic E-state index is 0.0661. The van der Waals surface area contributed by atoms with Crippen molar-refractivity contribution < 1.29 is 4.74 Å². The Morgan fingerprint density at radius 1 is 1.33 bits per heavy atom. The van der Waals surface area contributed by atoms with Gasteiger partial charge >= 0.3 is 0 Å². The molecule has 2 N–H and O–H groups in total. The van der Waals surface area contributed by atoms with Gasteiger partial charge in [0.05, 0.1) is 6.61 Å². The second kappa shape index (κ2) is 5.99. The molecule has 1 unspecified atom stereocenters. The maximum Gasteiger partial charge on any atom is 0.125 e. The average Bonchev–Trinajstić information content (AvgIpc) is 2.90. The lowest BCUT2D eigenvalue weighted by Crippen LogP contribution is -2.14. The second-order valence-electron chi connectivity index (χ2n) is 5.47. The Hall–Kier alpha value is -1.03. The van der Waals surface area contributed by atoms with Crippen LogP contribution in [-0.4, -0.2) is 6.61 Å². The zero-order chi connectivity index (χ0) is 15.0. The van der Waals surface area contributed by atoms with E-state index in [2.05, 4.69) is 34.1 Å². The lowest BCUT2D eigenvalue weighted by Gasteiger charge is -2.16. The maximum absolute atomic E-state index is 6.38. The number of ether oxygens (including phenoxy) is 1. The molecule has 110 valence electrons. The van der Waals surface area contributed by atoms with Crippen LogP contribution in [0.1, 0.15) is 28.3 Å². The molecule has 0 saturated carbocycles. The largest absolute Gasteiger partial charge is 0.493 e. The molecule has 0 radical (unpaired) electrons. The summed E-state index contributed by atoms with van der Waals surface area (Å²) in [4.78, 5) is 0. The van der Waals surface area contributed by atoms with Gasteiger partial charge in [-0.3, -0.25) is 0 Å². The van der Waals surface area contributed by atoms with Gasteiger partial charge in [-0.25, -0.2) is 0 Å². The van der Waals surface area contributed by atoms with Crippen LogP contribution in [0, 0.1) is 6.92 Å². The zero-order valence-electron chi connectivity index (χ0n) is 11.8. The van der Waals surface area contributed by atoms with E-state index in [1.54, 1.807) is 0 Å². The molecule has 0 fully saturated rings. The highest BCUT2D eigenvalue weighted by Crippen LogP contribution is 2.35. The molecule has 2 nitrogen and oxygen atoms in total. The summed E-state index contributed by atoms with van der Waals surface area (Å²) >= 11 is 9.65. The van der Waals surface area contributed by atoms with E-state index in [0.29, 0.717) is 0 Å². The van der Waals surface area contributed by atoms with Gasteiger partial charge in [-0.1, -0.05) is 39.7 Å². The molecule has 0 amide bonds. The molecule has 3 rings (SSSR count). The van der Waals surface area contributed by atoms with Gasteiger partial charge in [-0.05, 0) is 53.8 Å². The zero-order valence-corrected chi connectivity index (χ0v) is 14.2. The minimum atomic E-state index is -0.0661. The third kappa shape index (κ3) is 3.10. The van der Waals surface area contributed by atoms with Gasteiger partial charge in [-0.2, -0.15) is 0 Å². The SMILES string of the molecule is Cc1cc(C(N)Cc2cc(Br)cc3c2OCC3)ccc1Cl. The van der Waals surface area contributed by atoms with Crippen LogP contribution in [0.3, 0.4) is 0 Å². The number of benzene rings is 2. The predicted molar refractivity (Wildman–Crippen MR) is 90.2 cm³/mol. The summed E-state index contributed by atoms with van der Waals surface area (Å²) in [5.41, 5.74) is 11.0. The fourth-order valence-corrected chi connectivity index (χ4v) is 3.42. The van der Waals surface area contributed by atoms with Crippen LogP contribution >= 0.6 is 27.5 Å². The normalized spacial score (nSPS) is 14.7. The Labute approximate surface area is 138 Å². The van der Waals surface area contributed by atoms with Gasteiger partial charge in [0, 0.05) is 22.0 Å². The van der Waals surface area contributed by atoms with Crippen molar-refractivity contribution in [2.45, 2.75) is 25.8 Å². The van der Waals surface area contributed by atoms with Gasteiger partial charge in [-0.15, -0.1) is 0 Å². The first-order valence-corrected chi connectivity index (χ1v) is 8.17. The summed E-state index contributed by atoms with van der Waals surface area (Å²) < 4.78 is 6.85. The van der Waals surface area contributed by atoms with E-state index in [1.165, 1.54) is 5.56 Å². The van der Waals surface area contributed by atoms with E-state index in [4.69, 9.17) is 22.1 Å². The molecule has 0 saturated heterocycles. The third-order valence-corrected chi connectivity index (χ3v) is 4.76. The molecular weight excluding hydrogens is 350 g/mol. The first-order valence-electron chi connectivity index (χ1n) is 7.00. The topological polar surface area (TPSA) is 35.2 Å². The van der Waals surface area contributed by atoms with Crippen molar-refractivity contribution in [1.29, 1.82) is 0 Å². The van der Waals surface area contributed by atoms with E-state index in [0.717, 1.165) is 51.4 Å². The van der Waals surface area contributed by atoms with E-state index in [9.17, 15) is 0 Å². The highest BCUT2D eigenvalue weighted by molar-refractivity contribution is 9.10. The molecule has 0 aromatic heterocycles. The molecule has 21 heavy (non-hydrogen) atoms. The molecule has 1 atom stereocenters. The number of hydrogen-bond donors (Lipinski definition) is 1. The highest BCUT2D eigenvalue weighted by Gasteiger charge is 2.19. The van der Waals surface area contributed by atoms with Crippen molar-refractivity contribution in [3.05, 3.63) is 62.1 Å². The van der Waals surface area contributed by atoms with E-state index in [1.807, 2.05) is 19.1 Å². The molecule has 1 aliphatic rings. The first-order chi connectivity index (χ1) is 10.0. The van der Waals surface area contributed by atoms with Crippen molar-refractivity contribution in [2.24, 2.45) is 5.73 Å². The van der Waals surface area contributed by atoms with E-state index >= 15 is 0 Å². The number of hydrogen-bond acceptors (Lipinski definition) is 2. The molecule has 4 heteroatoms. The summed E-state index contributed by atoms with van der Waals surface area (Å²) in [6.07, 6.45) is 1.72. The van der Waals surface area contributed by atoms with Gasteiger partial charge in [0.1, 0.15) is 5.75 Å². The summed E-state index contributed by atoms with van der Waals surface area (Å²) in [6.45, 7) is 2.76. The molecule has 0 bridgehead atoms. The van der Waals surface area contributed by atoms with Gasteiger partial charge in [0.15, 0.2) is 0 Å². The third-order valence-electron chi connectivity index (χ3n) is 3.88.